The monoisotopic (exact) mass is 338 g/mol. The minimum Gasteiger partial charge on any atom is -0.471 e. The number of pyridine rings is 1. The summed E-state index contributed by atoms with van der Waals surface area (Å²) in [5.74, 6) is 0.0485. The van der Waals surface area contributed by atoms with Crippen LogP contribution in [-0.2, 0) is 17.6 Å². The van der Waals surface area contributed by atoms with E-state index in [9.17, 15) is 9.65 Å². The molecule has 0 bridgehead atoms. The fourth-order valence-electron chi connectivity index (χ4n) is 3.63. The molecule has 128 valence electrons. The number of aryl methyl sites for hydroxylation is 1. The summed E-state index contributed by atoms with van der Waals surface area (Å²) >= 11 is 0. The van der Waals surface area contributed by atoms with Crippen LogP contribution >= 0.6 is 0 Å². The Morgan fingerprint density at radius 1 is 1.28 bits per heavy atom. The molecule has 0 radical (unpaired) electrons. The molecule has 0 N–H and O–H groups in total. The van der Waals surface area contributed by atoms with Crippen molar-refractivity contribution in [2.75, 3.05) is 13.2 Å². The number of hydrogen-bond donors (Lipinski definition) is 0. The van der Waals surface area contributed by atoms with E-state index >= 15 is 0 Å². The Labute approximate surface area is 146 Å². The van der Waals surface area contributed by atoms with E-state index in [1.165, 1.54) is 12.1 Å². The maximum Gasteiger partial charge on any atom is 0.232 e. The molecule has 0 amide bonds. The van der Waals surface area contributed by atoms with Crippen molar-refractivity contribution in [1.29, 1.82) is 5.26 Å². The van der Waals surface area contributed by atoms with Crippen LogP contribution in [0.2, 0.25) is 0 Å². The van der Waals surface area contributed by atoms with E-state index in [0.717, 1.165) is 48.9 Å². The Morgan fingerprint density at radius 3 is 2.92 bits per heavy atom. The number of nitriles is 1. The zero-order valence-electron chi connectivity index (χ0n) is 13.9. The van der Waals surface area contributed by atoms with Crippen molar-refractivity contribution < 1.29 is 13.9 Å². The third kappa shape index (κ3) is 3.10. The van der Waals surface area contributed by atoms with E-state index in [-0.39, 0.29) is 11.9 Å². The highest BCUT2D eigenvalue weighted by Gasteiger charge is 2.26. The standard InChI is InChI=1S/C20H19FN2O2/c21-14-5-3-4-13(10-14)19-16-6-1-2-7-18(16)23-20(17(19)11-22)25-15-8-9-24-12-15/h3-5,10,15H,1-2,6-9,12H2/t15-/m0/s1. The van der Waals surface area contributed by atoms with Crippen LogP contribution in [0.4, 0.5) is 4.39 Å². The molecule has 1 aromatic carbocycles. The number of nitrogens with zero attached hydrogens (tertiary/aromatic N) is 2. The van der Waals surface area contributed by atoms with Crippen molar-refractivity contribution in [1.82, 2.24) is 4.98 Å². The third-order valence-corrected chi connectivity index (χ3v) is 4.83. The van der Waals surface area contributed by atoms with Crippen LogP contribution in [0, 0.1) is 17.1 Å². The molecular formula is C20H19FN2O2. The van der Waals surface area contributed by atoms with Gasteiger partial charge >= 0.3 is 0 Å². The van der Waals surface area contributed by atoms with Crippen molar-refractivity contribution in [2.24, 2.45) is 0 Å². The number of fused-ring (bicyclic) bond motifs is 1. The van der Waals surface area contributed by atoms with Crippen molar-refractivity contribution in [3.8, 4) is 23.1 Å². The first-order chi connectivity index (χ1) is 12.3. The minimum atomic E-state index is -0.311. The summed E-state index contributed by atoms with van der Waals surface area (Å²) in [6.07, 6.45) is 4.55. The van der Waals surface area contributed by atoms with Gasteiger partial charge in [-0.1, -0.05) is 12.1 Å². The molecule has 0 saturated carbocycles. The number of benzene rings is 1. The lowest BCUT2D eigenvalue weighted by molar-refractivity contribution is 0.137. The molecule has 1 aliphatic heterocycles. The van der Waals surface area contributed by atoms with Crippen LogP contribution in [0.3, 0.4) is 0 Å². The molecule has 4 nitrogen and oxygen atoms in total. The van der Waals surface area contributed by atoms with E-state index in [2.05, 4.69) is 11.1 Å². The predicted molar refractivity (Wildman–Crippen MR) is 90.8 cm³/mol. The fourth-order valence-corrected chi connectivity index (χ4v) is 3.63. The zero-order chi connectivity index (χ0) is 17.2. The fraction of sp³-hybridized carbons (Fsp3) is 0.400. The first-order valence-corrected chi connectivity index (χ1v) is 8.72. The molecular weight excluding hydrogens is 319 g/mol. The van der Waals surface area contributed by atoms with Gasteiger partial charge in [-0.3, -0.25) is 0 Å². The zero-order valence-corrected chi connectivity index (χ0v) is 13.9. The van der Waals surface area contributed by atoms with Gasteiger partial charge in [0.2, 0.25) is 5.88 Å². The quantitative estimate of drug-likeness (QED) is 0.854. The molecule has 1 atom stereocenters. The number of ether oxygens (including phenoxy) is 2. The second kappa shape index (κ2) is 6.81. The molecule has 1 saturated heterocycles. The molecule has 4 rings (SSSR count). The second-order valence-electron chi connectivity index (χ2n) is 6.52. The third-order valence-electron chi connectivity index (χ3n) is 4.83. The highest BCUT2D eigenvalue weighted by Crippen LogP contribution is 2.38. The Kier molecular flexibility index (Phi) is 4.37. The molecule has 2 heterocycles. The van der Waals surface area contributed by atoms with Gasteiger partial charge in [-0.2, -0.15) is 5.26 Å². The smallest absolute Gasteiger partial charge is 0.232 e. The van der Waals surface area contributed by atoms with E-state index in [1.54, 1.807) is 6.07 Å². The van der Waals surface area contributed by atoms with Gasteiger partial charge in [-0.25, -0.2) is 9.37 Å². The van der Waals surface area contributed by atoms with Crippen molar-refractivity contribution in [3.05, 3.63) is 46.9 Å². The lowest BCUT2D eigenvalue weighted by atomic mass is 9.87. The van der Waals surface area contributed by atoms with Gasteiger partial charge in [-0.15, -0.1) is 0 Å². The maximum atomic E-state index is 13.8. The Balaban J connectivity index is 1.88. The number of halogens is 1. The van der Waals surface area contributed by atoms with E-state index in [0.29, 0.717) is 30.2 Å². The number of hydrogen-bond acceptors (Lipinski definition) is 4. The largest absolute Gasteiger partial charge is 0.471 e. The minimum absolute atomic E-state index is 0.0819. The SMILES string of the molecule is N#Cc1c(O[C@H]2CCOC2)nc2c(c1-c1cccc(F)c1)CCCC2. The molecule has 0 spiro atoms. The van der Waals surface area contributed by atoms with Crippen molar-refractivity contribution in [2.45, 2.75) is 38.2 Å². The summed E-state index contributed by atoms with van der Waals surface area (Å²) in [7, 11) is 0. The summed E-state index contributed by atoms with van der Waals surface area (Å²) in [6.45, 7) is 1.17. The molecule has 2 aliphatic rings. The van der Waals surface area contributed by atoms with E-state index in [1.807, 2.05) is 6.07 Å². The summed E-state index contributed by atoms with van der Waals surface area (Å²) < 4.78 is 25.2. The lowest BCUT2D eigenvalue weighted by Gasteiger charge is -2.23. The Hall–Kier alpha value is -2.45. The van der Waals surface area contributed by atoms with Crippen LogP contribution in [0.5, 0.6) is 5.88 Å². The molecule has 1 aromatic heterocycles. The lowest BCUT2D eigenvalue weighted by Crippen LogP contribution is -2.19. The topological polar surface area (TPSA) is 55.1 Å². The first-order valence-electron chi connectivity index (χ1n) is 8.72. The number of rotatable bonds is 3. The molecule has 5 heteroatoms. The van der Waals surface area contributed by atoms with Crippen molar-refractivity contribution >= 4 is 0 Å². The molecule has 25 heavy (non-hydrogen) atoms. The van der Waals surface area contributed by atoms with Gasteiger partial charge in [0, 0.05) is 17.7 Å². The average molecular weight is 338 g/mol. The van der Waals surface area contributed by atoms with E-state index in [4.69, 9.17) is 9.47 Å². The van der Waals surface area contributed by atoms with Crippen LogP contribution in [-0.4, -0.2) is 24.3 Å². The summed E-state index contributed by atoms with van der Waals surface area (Å²) in [4.78, 5) is 4.66. The van der Waals surface area contributed by atoms with Gasteiger partial charge in [0.05, 0.1) is 13.2 Å². The van der Waals surface area contributed by atoms with Crippen LogP contribution in [0.25, 0.3) is 11.1 Å². The number of aromatic nitrogens is 1. The highest BCUT2D eigenvalue weighted by molar-refractivity contribution is 5.77. The average Bonchev–Trinajstić information content (AvgIpc) is 3.13. The first kappa shape index (κ1) is 16.0. The second-order valence-corrected chi connectivity index (χ2v) is 6.52. The van der Waals surface area contributed by atoms with Crippen molar-refractivity contribution in [3.63, 3.8) is 0 Å². The van der Waals surface area contributed by atoms with Gasteiger partial charge in [-0.05, 0) is 48.9 Å². The molecule has 0 unspecified atom stereocenters. The molecule has 2 aromatic rings. The Bertz CT molecular complexity index is 838. The van der Waals surface area contributed by atoms with Crippen LogP contribution in [0.15, 0.2) is 24.3 Å². The molecule has 1 aliphatic carbocycles. The maximum absolute atomic E-state index is 13.8. The van der Waals surface area contributed by atoms with Gasteiger partial charge in [0.25, 0.3) is 0 Å². The van der Waals surface area contributed by atoms with Gasteiger partial charge < -0.3 is 9.47 Å². The summed E-state index contributed by atoms with van der Waals surface area (Å²) in [5.41, 5.74) is 3.92. The summed E-state index contributed by atoms with van der Waals surface area (Å²) in [6, 6.07) is 8.67. The van der Waals surface area contributed by atoms with E-state index < -0.39 is 0 Å². The van der Waals surface area contributed by atoms with Crippen LogP contribution < -0.4 is 4.74 Å². The van der Waals surface area contributed by atoms with Gasteiger partial charge in [0.15, 0.2) is 0 Å². The highest BCUT2D eigenvalue weighted by atomic mass is 19.1. The van der Waals surface area contributed by atoms with Crippen LogP contribution in [0.1, 0.15) is 36.1 Å². The Morgan fingerprint density at radius 2 is 2.16 bits per heavy atom. The molecule has 1 fully saturated rings. The summed E-state index contributed by atoms with van der Waals surface area (Å²) in [5, 5.41) is 9.81. The normalized spacial score (nSPS) is 19.3. The van der Waals surface area contributed by atoms with Gasteiger partial charge in [0.1, 0.15) is 23.6 Å². The predicted octanol–water partition coefficient (Wildman–Crippen LogP) is 3.81.